The van der Waals surface area contributed by atoms with Crippen molar-refractivity contribution in [3.8, 4) is 17.1 Å². The number of rotatable bonds is 5. The molecule has 0 aliphatic rings. The van der Waals surface area contributed by atoms with Crippen LogP contribution in [0.5, 0.6) is 5.75 Å². The second kappa shape index (κ2) is 6.40. The molecule has 0 saturated carbocycles. The lowest BCUT2D eigenvalue weighted by Gasteiger charge is -2.00. The summed E-state index contributed by atoms with van der Waals surface area (Å²) in [6.07, 6.45) is 0. The quantitative estimate of drug-likeness (QED) is 0.673. The molecule has 112 valence electrons. The molecule has 0 amide bonds. The average Bonchev–Trinajstić information content (AvgIpc) is 3.24. The van der Waals surface area contributed by atoms with Gasteiger partial charge < -0.3 is 14.0 Å². The molecule has 0 radical (unpaired) electrons. The Bertz CT molecular complexity index is 767. The van der Waals surface area contributed by atoms with E-state index in [4.69, 9.17) is 14.0 Å². The van der Waals surface area contributed by atoms with Crippen molar-refractivity contribution in [3.63, 3.8) is 0 Å². The average molecular weight is 316 g/mol. The smallest absolute Gasteiger partial charge is 0.348 e. The second-order valence-corrected chi connectivity index (χ2v) is 5.24. The van der Waals surface area contributed by atoms with Crippen LogP contribution in [-0.4, -0.2) is 23.2 Å². The maximum absolute atomic E-state index is 11.7. The normalized spacial score (nSPS) is 10.4. The molecule has 3 rings (SSSR count). The predicted octanol–water partition coefficient (Wildman–Crippen LogP) is 3.16. The molecule has 0 N–H and O–H groups in total. The first kappa shape index (κ1) is 14.3. The first-order chi connectivity index (χ1) is 10.8. The van der Waals surface area contributed by atoms with Gasteiger partial charge in [-0.2, -0.15) is 4.98 Å². The minimum Gasteiger partial charge on any atom is -0.497 e. The van der Waals surface area contributed by atoms with Crippen molar-refractivity contribution in [2.75, 3.05) is 7.11 Å². The number of esters is 1. The molecule has 6 nitrogen and oxygen atoms in total. The van der Waals surface area contributed by atoms with E-state index in [1.807, 2.05) is 23.6 Å². The molecule has 0 atom stereocenters. The lowest BCUT2D eigenvalue weighted by atomic mass is 10.2. The van der Waals surface area contributed by atoms with Crippen molar-refractivity contribution in [3.05, 3.63) is 52.5 Å². The molecule has 0 unspecified atom stereocenters. The lowest BCUT2D eigenvalue weighted by Crippen LogP contribution is -2.03. The largest absolute Gasteiger partial charge is 0.497 e. The van der Waals surface area contributed by atoms with Crippen LogP contribution in [0, 0.1) is 0 Å². The summed E-state index contributed by atoms with van der Waals surface area (Å²) >= 11 is 1.32. The Kier molecular flexibility index (Phi) is 4.15. The summed E-state index contributed by atoms with van der Waals surface area (Å²) in [4.78, 5) is 16.5. The van der Waals surface area contributed by atoms with Gasteiger partial charge in [0.25, 0.3) is 5.89 Å². The summed E-state index contributed by atoms with van der Waals surface area (Å²) < 4.78 is 15.4. The van der Waals surface area contributed by atoms with Gasteiger partial charge in [0.2, 0.25) is 5.82 Å². The summed E-state index contributed by atoms with van der Waals surface area (Å²) in [5.41, 5.74) is 0.763. The van der Waals surface area contributed by atoms with Crippen molar-refractivity contribution in [2.24, 2.45) is 0 Å². The molecule has 7 heteroatoms. The minimum absolute atomic E-state index is 0.0618. The van der Waals surface area contributed by atoms with Crippen LogP contribution in [0.2, 0.25) is 0 Å². The fourth-order valence-corrected chi connectivity index (χ4v) is 2.40. The van der Waals surface area contributed by atoms with Crippen molar-refractivity contribution in [1.29, 1.82) is 0 Å². The van der Waals surface area contributed by atoms with Gasteiger partial charge in [0.1, 0.15) is 10.6 Å². The van der Waals surface area contributed by atoms with Crippen molar-refractivity contribution < 1.29 is 18.8 Å². The molecule has 0 saturated heterocycles. The zero-order valence-electron chi connectivity index (χ0n) is 11.7. The van der Waals surface area contributed by atoms with E-state index in [2.05, 4.69) is 10.1 Å². The van der Waals surface area contributed by atoms with Crippen molar-refractivity contribution in [1.82, 2.24) is 10.1 Å². The Balaban J connectivity index is 1.67. The van der Waals surface area contributed by atoms with Gasteiger partial charge in [0.05, 0.1) is 7.11 Å². The summed E-state index contributed by atoms with van der Waals surface area (Å²) in [5.74, 6) is 0.952. The van der Waals surface area contributed by atoms with E-state index in [0.29, 0.717) is 16.5 Å². The Hall–Kier alpha value is -2.67. The van der Waals surface area contributed by atoms with E-state index in [9.17, 15) is 4.79 Å². The molecule has 1 aromatic carbocycles. The van der Waals surface area contributed by atoms with E-state index in [0.717, 1.165) is 5.56 Å². The fourth-order valence-electron chi connectivity index (χ4n) is 1.79. The van der Waals surface area contributed by atoms with E-state index >= 15 is 0 Å². The summed E-state index contributed by atoms with van der Waals surface area (Å²) in [6.45, 7) is -0.0618. The molecular weight excluding hydrogens is 304 g/mol. The number of hydrogen-bond acceptors (Lipinski definition) is 7. The number of nitrogens with zero attached hydrogens (tertiary/aromatic N) is 2. The highest BCUT2D eigenvalue weighted by molar-refractivity contribution is 7.11. The minimum atomic E-state index is -0.406. The molecule has 0 bridgehead atoms. The molecule has 2 aromatic heterocycles. The first-order valence-corrected chi connectivity index (χ1v) is 7.32. The Morgan fingerprint density at radius 3 is 3.00 bits per heavy atom. The number of carbonyl (C=O) groups is 1. The number of thiophene rings is 1. The van der Waals surface area contributed by atoms with E-state index in [-0.39, 0.29) is 12.5 Å². The number of methoxy groups -OCH3 is 1. The number of benzene rings is 1. The van der Waals surface area contributed by atoms with Crippen LogP contribution in [0.15, 0.2) is 46.3 Å². The van der Waals surface area contributed by atoms with Crippen LogP contribution in [0.1, 0.15) is 15.6 Å². The number of hydrogen-bond donors (Lipinski definition) is 0. The predicted molar refractivity (Wildman–Crippen MR) is 79.7 cm³/mol. The monoisotopic (exact) mass is 316 g/mol. The van der Waals surface area contributed by atoms with Gasteiger partial charge >= 0.3 is 5.97 Å². The van der Waals surface area contributed by atoms with Gasteiger partial charge in [-0.3, -0.25) is 0 Å². The molecule has 2 heterocycles. The molecular formula is C15H12N2O4S. The van der Waals surface area contributed by atoms with Crippen molar-refractivity contribution in [2.45, 2.75) is 6.61 Å². The van der Waals surface area contributed by atoms with Gasteiger partial charge in [0.15, 0.2) is 6.61 Å². The van der Waals surface area contributed by atoms with Crippen LogP contribution >= 0.6 is 11.3 Å². The Morgan fingerprint density at radius 1 is 1.32 bits per heavy atom. The molecule has 22 heavy (non-hydrogen) atoms. The topological polar surface area (TPSA) is 74.5 Å². The number of carbonyl (C=O) groups excluding carboxylic acids is 1. The van der Waals surface area contributed by atoms with Gasteiger partial charge in [-0.25, -0.2) is 4.79 Å². The van der Waals surface area contributed by atoms with Crippen LogP contribution in [0.3, 0.4) is 0 Å². The van der Waals surface area contributed by atoms with Crippen LogP contribution in [-0.2, 0) is 11.3 Å². The molecule has 0 aliphatic heterocycles. The number of ether oxygens (including phenoxy) is 2. The highest BCUT2D eigenvalue weighted by Gasteiger charge is 2.13. The molecule has 0 fully saturated rings. The standard InChI is InChI=1S/C15H12N2O4S/c1-19-11-5-2-4-10(8-11)14-16-13(21-17-14)9-20-15(18)12-6-3-7-22-12/h2-8H,9H2,1H3. The van der Waals surface area contributed by atoms with Crippen LogP contribution < -0.4 is 4.74 Å². The zero-order chi connectivity index (χ0) is 15.4. The van der Waals surface area contributed by atoms with E-state index in [1.165, 1.54) is 11.3 Å². The lowest BCUT2D eigenvalue weighted by molar-refractivity contribution is 0.0435. The Morgan fingerprint density at radius 2 is 2.23 bits per heavy atom. The van der Waals surface area contributed by atoms with Gasteiger partial charge in [-0.1, -0.05) is 23.4 Å². The summed E-state index contributed by atoms with van der Waals surface area (Å²) in [5, 5.41) is 5.68. The fraction of sp³-hybridized carbons (Fsp3) is 0.133. The van der Waals surface area contributed by atoms with E-state index < -0.39 is 5.97 Å². The van der Waals surface area contributed by atoms with Gasteiger partial charge in [0, 0.05) is 5.56 Å². The third-order valence-corrected chi connectivity index (χ3v) is 3.70. The SMILES string of the molecule is COc1cccc(-c2noc(COC(=O)c3cccs3)n2)c1. The maximum atomic E-state index is 11.7. The third kappa shape index (κ3) is 3.15. The Labute approximate surface area is 130 Å². The summed E-state index contributed by atoms with van der Waals surface area (Å²) in [7, 11) is 1.59. The highest BCUT2D eigenvalue weighted by Crippen LogP contribution is 2.21. The first-order valence-electron chi connectivity index (χ1n) is 6.44. The van der Waals surface area contributed by atoms with Gasteiger partial charge in [-0.15, -0.1) is 11.3 Å². The van der Waals surface area contributed by atoms with E-state index in [1.54, 1.807) is 25.3 Å². The van der Waals surface area contributed by atoms with Crippen LogP contribution in [0.4, 0.5) is 0 Å². The highest BCUT2D eigenvalue weighted by atomic mass is 32.1. The van der Waals surface area contributed by atoms with Crippen molar-refractivity contribution >= 4 is 17.3 Å². The number of aromatic nitrogens is 2. The third-order valence-electron chi connectivity index (χ3n) is 2.85. The van der Waals surface area contributed by atoms with Crippen LogP contribution in [0.25, 0.3) is 11.4 Å². The zero-order valence-corrected chi connectivity index (χ0v) is 12.5. The molecule has 0 spiro atoms. The summed E-state index contributed by atoms with van der Waals surface area (Å²) in [6, 6.07) is 10.8. The second-order valence-electron chi connectivity index (χ2n) is 4.30. The molecule has 3 aromatic rings. The maximum Gasteiger partial charge on any atom is 0.348 e. The van der Waals surface area contributed by atoms with Gasteiger partial charge in [-0.05, 0) is 23.6 Å². The molecule has 0 aliphatic carbocycles.